The number of halogens is 2. The van der Waals surface area contributed by atoms with Crippen molar-refractivity contribution in [2.75, 3.05) is 12.3 Å². The molecule has 0 amide bonds. The largest absolute Gasteiger partial charge is 0.394 e. The highest BCUT2D eigenvalue weighted by atomic mass is 35.5. The third-order valence-electron chi connectivity index (χ3n) is 2.97. The number of nitrogens with zero attached hydrogens (tertiary/aromatic N) is 2. The second kappa shape index (κ2) is 5.60. The normalized spacial score (nSPS) is 32.7. The molecule has 9 heteroatoms. The van der Waals surface area contributed by atoms with Crippen molar-refractivity contribution in [1.82, 2.24) is 9.55 Å². The number of rotatable bonds is 2. The van der Waals surface area contributed by atoms with E-state index in [9.17, 15) is 9.90 Å². The van der Waals surface area contributed by atoms with Crippen LogP contribution in [0.2, 0.25) is 0 Å². The molecule has 2 heterocycles. The van der Waals surface area contributed by atoms with Gasteiger partial charge in [-0.25, -0.2) is 4.79 Å². The van der Waals surface area contributed by atoms with Crippen molar-refractivity contribution >= 4 is 29.0 Å². The molecule has 1 aliphatic rings. The molecule has 108 valence electrons. The minimum atomic E-state index is -1.68. The molecule has 0 bridgehead atoms. The van der Waals surface area contributed by atoms with Crippen molar-refractivity contribution in [3.8, 4) is 11.3 Å². The van der Waals surface area contributed by atoms with E-state index in [-0.39, 0.29) is 5.82 Å². The van der Waals surface area contributed by atoms with Gasteiger partial charge < -0.3 is 20.7 Å². The summed E-state index contributed by atoms with van der Waals surface area (Å²) < 4.78 is 6.42. The summed E-state index contributed by atoms with van der Waals surface area (Å²) in [7, 11) is 0. The van der Waals surface area contributed by atoms with E-state index < -0.39 is 35.6 Å². The Labute approximate surface area is 123 Å². The first-order chi connectivity index (χ1) is 9.43. The Morgan fingerprint density at radius 1 is 1.65 bits per heavy atom. The molecule has 0 aromatic carbocycles. The lowest BCUT2D eigenvalue weighted by Gasteiger charge is -2.25. The Hall–Kier alpha value is -1.30. The molecular weight excluding hydrogens is 309 g/mol. The number of alkyl halides is 1. The van der Waals surface area contributed by atoms with Crippen molar-refractivity contribution < 1.29 is 14.9 Å². The number of aliphatic hydroxyl groups excluding tert-OH is 2. The highest BCUT2D eigenvalue weighted by molar-refractivity contribution is 6.32. The van der Waals surface area contributed by atoms with Gasteiger partial charge in [0.05, 0.1) is 6.61 Å². The molecule has 20 heavy (non-hydrogen) atoms. The smallest absolute Gasteiger partial charge is 0.351 e. The van der Waals surface area contributed by atoms with Crippen LogP contribution in [0.4, 0.5) is 5.82 Å². The van der Waals surface area contributed by atoms with E-state index in [1.807, 2.05) is 0 Å². The van der Waals surface area contributed by atoms with Gasteiger partial charge in [0.25, 0.3) is 0 Å². The lowest BCUT2D eigenvalue weighted by Crippen LogP contribution is -2.43. The van der Waals surface area contributed by atoms with E-state index in [4.69, 9.17) is 38.8 Å². The molecule has 0 aliphatic carbocycles. The van der Waals surface area contributed by atoms with Crippen LogP contribution in [0.1, 0.15) is 6.23 Å². The van der Waals surface area contributed by atoms with E-state index in [1.165, 1.54) is 12.3 Å². The lowest BCUT2D eigenvalue weighted by atomic mass is 9.99. The first kappa shape index (κ1) is 15.1. The Morgan fingerprint density at radius 2 is 2.35 bits per heavy atom. The number of aliphatic hydroxyl groups is 2. The summed E-state index contributed by atoms with van der Waals surface area (Å²) in [6.45, 7) is -0.493. The fraction of sp³-hybridized carbons (Fsp3) is 0.455. The van der Waals surface area contributed by atoms with Gasteiger partial charge in [-0.2, -0.15) is 4.98 Å². The average molecular weight is 320 g/mol. The van der Waals surface area contributed by atoms with Gasteiger partial charge in [0.2, 0.25) is 0 Å². The fourth-order valence-corrected chi connectivity index (χ4v) is 2.53. The molecule has 4 N–H and O–H groups in total. The first-order valence-electron chi connectivity index (χ1n) is 5.54. The Kier molecular flexibility index (Phi) is 4.22. The highest BCUT2D eigenvalue weighted by Gasteiger charge is 2.55. The van der Waals surface area contributed by atoms with Gasteiger partial charge in [-0.3, -0.25) is 4.57 Å². The van der Waals surface area contributed by atoms with Gasteiger partial charge in [0, 0.05) is 11.6 Å². The summed E-state index contributed by atoms with van der Waals surface area (Å²) in [5.74, 6) is 2.44. The third-order valence-corrected chi connectivity index (χ3v) is 3.57. The van der Waals surface area contributed by atoms with Crippen molar-refractivity contribution in [1.29, 1.82) is 0 Å². The summed E-state index contributed by atoms with van der Waals surface area (Å²) >= 11 is 11.6. The molecule has 0 saturated carbocycles. The van der Waals surface area contributed by atoms with E-state index in [0.29, 0.717) is 0 Å². The van der Waals surface area contributed by atoms with Gasteiger partial charge in [0.1, 0.15) is 18.0 Å². The molecule has 1 fully saturated rings. The first-order valence-corrected chi connectivity index (χ1v) is 6.30. The standard InChI is InChI=1S/C11H11Cl2N3O4/c12-3-2-11(13)8(18)6(5-17)20-9(11)16-4-1-7(14)15-10(16)19/h1,4,6,8-9,17-18H,5H2,(H2,14,15,19)/t6-,8?,9-,11?/m1/s1. The summed E-state index contributed by atoms with van der Waals surface area (Å²) in [6, 6.07) is 1.37. The zero-order valence-electron chi connectivity index (χ0n) is 10.0. The minimum Gasteiger partial charge on any atom is -0.394 e. The molecule has 2 unspecified atom stereocenters. The molecule has 1 aromatic rings. The van der Waals surface area contributed by atoms with E-state index in [2.05, 4.69) is 16.3 Å². The van der Waals surface area contributed by atoms with Crippen LogP contribution < -0.4 is 11.4 Å². The van der Waals surface area contributed by atoms with Crippen molar-refractivity contribution in [3.63, 3.8) is 0 Å². The van der Waals surface area contributed by atoms with E-state index >= 15 is 0 Å². The quantitative estimate of drug-likeness (QED) is 0.489. The molecular formula is C11H11Cl2N3O4. The number of anilines is 1. The SMILES string of the molecule is Nc1ccn([C@@H]2O[C@H](CO)C(O)C2(Cl)C#CCl)c(=O)n1. The fourth-order valence-electron chi connectivity index (χ4n) is 1.98. The number of nitrogens with two attached hydrogens (primary N) is 1. The van der Waals surface area contributed by atoms with Gasteiger partial charge in [-0.05, 0) is 17.7 Å². The number of hydrogen-bond donors (Lipinski definition) is 3. The van der Waals surface area contributed by atoms with Crippen LogP contribution in [0.3, 0.4) is 0 Å². The molecule has 0 spiro atoms. The zero-order valence-corrected chi connectivity index (χ0v) is 11.5. The Morgan fingerprint density at radius 3 is 2.90 bits per heavy atom. The monoisotopic (exact) mass is 319 g/mol. The lowest BCUT2D eigenvalue weighted by molar-refractivity contribution is -0.0464. The van der Waals surface area contributed by atoms with Crippen LogP contribution in [0.15, 0.2) is 17.1 Å². The maximum atomic E-state index is 11.8. The van der Waals surface area contributed by atoms with Crippen LogP contribution in [-0.2, 0) is 4.74 Å². The highest BCUT2D eigenvalue weighted by Crippen LogP contribution is 2.42. The topological polar surface area (TPSA) is 111 Å². The van der Waals surface area contributed by atoms with Gasteiger partial charge in [0.15, 0.2) is 11.1 Å². The van der Waals surface area contributed by atoms with Crippen LogP contribution in [0.5, 0.6) is 0 Å². The molecule has 2 rings (SSSR count). The van der Waals surface area contributed by atoms with Crippen LogP contribution in [-0.4, -0.2) is 43.5 Å². The van der Waals surface area contributed by atoms with Crippen LogP contribution in [0, 0.1) is 11.3 Å². The van der Waals surface area contributed by atoms with Crippen molar-refractivity contribution in [3.05, 3.63) is 22.7 Å². The van der Waals surface area contributed by atoms with Crippen molar-refractivity contribution in [2.24, 2.45) is 0 Å². The second-order valence-electron chi connectivity index (χ2n) is 4.18. The average Bonchev–Trinajstić information content (AvgIpc) is 2.63. The maximum absolute atomic E-state index is 11.8. The van der Waals surface area contributed by atoms with Crippen LogP contribution in [0.25, 0.3) is 0 Å². The number of nitrogen functional groups attached to an aromatic ring is 1. The molecule has 7 nitrogen and oxygen atoms in total. The summed E-state index contributed by atoms with van der Waals surface area (Å²) in [5.41, 5.74) is 4.68. The zero-order chi connectivity index (χ0) is 14.9. The number of aromatic nitrogens is 2. The minimum absolute atomic E-state index is 0.0344. The predicted molar refractivity (Wildman–Crippen MR) is 72.1 cm³/mol. The summed E-state index contributed by atoms with van der Waals surface area (Å²) in [4.78, 5) is 13.7. The number of ether oxygens (including phenoxy) is 1. The molecule has 1 aromatic heterocycles. The Bertz CT molecular complexity index is 626. The third kappa shape index (κ3) is 2.37. The summed E-state index contributed by atoms with van der Waals surface area (Å²) in [5, 5.41) is 21.3. The molecule has 1 aliphatic heterocycles. The molecule has 1 saturated heterocycles. The maximum Gasteiger partial charge on any atom is 0.351 e. The van der Waals surface area contributed by atoms with Gasteiger partial charge in [-0.15, -0.1) is 0 Å². The van der Waals surface area contributed by atoms with E-state index in [1.54, 1.807) is 0 Å². The van der Waals surface area contributed by atoms with Gasteiger partial charge in [-0.1, -0.05) is 17.5 Å². The van der Waals surface area contributed by atoms with Crippen LogP contribution >= 0.6 is 23.2 Å². The van der Waals surface area contributed by atoms with Crippen molar-refractivity contribution in [2.45, 2.75) is 23.3 Å². The summed E-state index contributed by atoms with van der Waals surface area (Å²) in [6.07, 6.45) is -2.19. The predicted octanol–water partition coefficient (Wildman–Crippen LogP) is -0.747. The van der Waals surface area contributed by atoms with Gasteiger partial charge >= 0.3 is 5.69 Å². The molecule has 0 radical (unpaired) electrons. The number of hydrogen-bond acceptors (Lipinski definition) is 6. The Balaban J connectivity index is 2.52. The molecule has 4 atom stereocenters. The van der Waals surface area contributed by atoms with E-state index in [0.717, 1.165) is 4.57 Å². The second-order valence-corrected chi connectivity index (χ2v) is 5.00.